The highest BCUT2D eigenvalue weighted by Crippen LogP contribution is 2.13. The fourth-order valence-electron chi connectivity index (χ4n) is 2.49. The van der Waals surface area contributed by atoms with Crippen molar-refractivity contribution in [1.29, 1.82) is 0 Å². The molecule has 0 spiro atoms. The van der Waals surface area contributed by atoms with E-state index in [9.17, 15) is 9.59 Å². The lowest BCUT2D eigenvalue weighted by atomic mass is 10.1. The van der Waals surface area contributed by atoms with Crippen molar-refractivity contribution in [3.8, 4) is 0 Å². The Labute approximate surface area is 134 Å². The first-order valence-electron chi connectivity index (χ1n) is 7.62. The van der Waals surface area contributed by atoms with Gasteiger partial charge in [0, 0.05) is 19.1 Å². The Balaban J connectivity index is 1.88. The standard InChI is InChI=1S/C14H23N5O2S/c1-4-12-17-18-13(22-12)8-16-11(20)7-10-14(21)15-5-6-19(10)9(2)3/h9-10H,4-8H2,1-3H3,(H,15,21)(H,16,20). The lowest BCUT2D eigenvalue weighted by molar-refractivity contribution is -0.134. The molecule has 1 fully saturated rings. The maximum atomic E-state index is 12.1. The van der Waals surface area contributed by atoms with Crippen LogP contribution in [0.25, 0.3) is 0 Å². The maximum absolute atomic E-state index is 12.1. The highest BCUT2D eigenvalue weighted by Gasteiger charge is 2.32. The Kier molecular flexibility index (Phi) is 5.84. The number of hydrogen-bond donors (Lipinski definition) is 2. The number of rotatable bonds is 6. The second-order valence-electron chi connectivity index (χ2n) is 5.56. The molecule has 122 valence electrons. The molecule has 1 saturated heterocycles. The zero-order valence-corrected chi connectivity index (χ0v) is 14.1. The van der Waals surface area contributed by atoms with E-state index in [-0.39, 0.29) is 24.3 Å². The molecule has 1 aromatic heterocycles. The quantitative estimate of drug-likeness (QED) is 0.786. The van der Waals surface area contributed by atoms with Gasteiger partial charge >= 0.3 is 0 Å². The molecule has 0 aliphatic carbocycles. The van der Waals surface area contributed by atoms with Crippen LogP contribution in [0.5, 0.6) is 0 Å². The van der Waals surface area contributed by atoms with Gasteiger partial charge in [0.05, 0.1) is 19.0 Å². The lowest BCUT2D eigenvalue weighted by Crippen LogP contribution is -2.58. The molecular weight excluding hydrogens is 302 g/mol. The average Bonchev–Trinajstić information content (AvgIpc) is 2.95. The van der Waals surface area contributed by atoms with Crippen LogP contribution in [0.3, 0.4) is 0 Å². The molecule has 8 heteroatoms. The minimum atomic E-state index is -0.394. The molecule has 7 nitrogen and oxygen atoms in total. The summed E-state index contributed by atoms with van der Waals surface area (Å²) in [6.07, 6.45) is 1.01. The van der Waals surface area contributed by atoms with E-state index in [1.54, 1.807) is 0 Å². The van der Waals surface area contributed by atoms with Gasteiger partial charge in [0.1, 0.15) is 10.0 Å². The van der Waals surface area contributed by atoms with Gasteiger partial charge in [-0.05, 0) is 20.3 Å². The van der Waals surface area contributed by atoms with Crippen LogP contribution in [0.1, 0.15) is 37.2 Å². The summed E-state index contributed by atoms with van der Waals surface area (Å²) in [6, 6.07) is -0.159. The Morgan fingerprint density at radius 3 is 2.82 bits per heavy atom. The van der Waals surface area contributed by atoms with Gasteiger partial charge in [-0.3, -0.25) is 14.5 Å². The van der Waals surface area contributed by atoms with Gasteiger partial charge in [-0.1, -0.05) is 18.3 Å². The zero-order valence-electron chi connectivity index (χ0n) is 13.3. The maximum Gasteiger partial charge on any atom is 0.237 e. The molecule has 1 aromatic rings. The number of piperazine rings is 1. The van der Waals surface area contributed by atoms with Crippen LogP contribution in [0.15, 0.2) is 0 Å². The molecule has 0 radical (unpaired) electrons. The number of amides is 2. The second kappa shape index (κ2) is 7.64. The SMILES string of the molecule is CCc1nnc(CNC(=O)CC2C(=O)NCCN2C(C)C)s1. The van der Waals surface area contributed by atoms with Crippen molar-refractivity contribution < 1.29 is 9.59 Å². The van der Waals surface area contributed by atoms with Gasteiger partial charge in [0.2, 0.25) is 11.8 Å². The van der Waals surface area contributed by atoms with Gasteiger partial charge in [-0.2, -0.15) is 0 Å². The molecule has 2 amide bonds. The zero-order chi connectivity index (χ0) is 16.1. The third-order valence-corrected chi connectivity index (χ3v) is 4.73. The molecule has 1 aliphatic rings. The van der Waals surface area contributed by atoms with Crippen LogP contribution in [-0.2, 0) is 22.6 Å². The van der Waals surface area contributed by atoms with Crippen LogP contribution >= 0.6 is 11.3 Å². The number of aromatic nitrogens is 2. The Morgan fingerprint density at radius 2 is 2.18 bits per heavy atom. The van der Waals surface area contributed by atoms with Gasteiger partial charge in [0.15, 0.2) is 0 Å². The summed E-state index contributed by atoms with van der Waals surface area (Å²) in [4.78, 5) is 26.2. The van der Waals surface area contributed by atoms with Crippen LogP contribution in [0.2, 0.25) is 0 Å². The average molecular weight is 325 g/mol. The second-order valence-corrected chi connectivity index (χ2v) is 6.71. The first-order valence-corrected chi connectivity index (χ1v) is 8.44. The monoisotopic (exact) mass is 325 g/mol. The Morgan fingerprint density at radius 1 is 1.45 bits per heavy atom. The van der Waals surface area contributed by atoms with E-state index in [2.05, 4.69) is 25.7 Å². The van der Waals surface area contributed by atoms with Crippen molar-refractivity contribution in [1.82, 2.24) is 25.7 Å². The van der Waals surface area contributed by atoms with Crippen molar-refractivity contribution in [3.63, 3.8) is 0 Å². The number of carbonyl (C=O) groups is 2. The van der Waals surface area contributed by atoms with Gasteiger partial charge in [0.25, 0.3) is 0 Å². The molecule has 2 N–H and O–H groups in total. The van der Waals surface area contributed by atoms with Crippen molar-refractivity contribution in [3.05, 3.63) is 10.0 Å². The topological polar surface area (TPSA) is 87.2 Å². The molecule has 2 heterocycles. The van der Waals surface area contributed by atoms with E-state index >= 15 is 0 Å². The fraction of sp³-hybridized carbons (Fsp3) is 0.714. The molecule has 0 bridgehead atoms. The van der Waals surface area contributed by atoms with E-state index in [0.717, 1.165) is 23.0 Å². The predicted octanol–water partition coefficient (Wildman–Crippen LogP) is 0.316. The summed E-state index contributed by atoms with van der Waals surface area (Å²) in [7, 11) is 0. The fourth-order valence-corrected chi connectivity index (χ4v) is 3.21. The van der Waals surface area contributed by atoms with Crippen molar-refractivity contribution in [2.75, 3.05) is 13.1 Å². The van der Waals surface area contributed by atoms with Crippen molar-refractivity contribution in [2.24, 2.45) is 0 Å². The van der Waals surface area contributed by atoms with E-state index in [4.69, 9.17) is 0 Å². The lowest BCUT2D eigenvalue weighted by Gasteiger charge is -2.37. The van der Waals surface area contributed by atoms with Gasteiger partial charge < -0.3 is 10.6 Å². The first-order chi connectivity index (χ1) is 10.5. The third-order valence-electron chi connectivity index (χ3n) is 3.66. The van der Waals surface area contributed by atoms with E-state index in [1.807, 2.05) is 20.8 Å². The summed E-state index contributed by atoms with van der Waals surface area (Å²) < 4.78 is 0. The van der Waals surface area contributed by atoms with Crippen LogP contribution < -0.4 is 10.6 Å². The number of aryl methyl sites for hydroxylation is 1. The molecule has 0 aromatic carbocycles. The van der Waals surface area contributed by atoms with Crippen molar-refractivity contribution in [2.45, 2.75) is 52.2 Å². The van der Waals surface area contributed by atoms with Crippen molar-refractivity contribution >= 4 is 23.2 Å². The molecular formula is C14H23N5O2S. The molecule has 22 heavy (non-hydrogen) atoms. The number of hydrogen-bond acceptors (Lipinski definition) is 6. The summed E-state index contributed by atoms with van der Waals surface area (Å²) in [5.74, 6) is -0.208. The van der Waals surface area contributed by atoms with E-state index in [1.165, 1.54) is 11.3 Å². The van der Waals surface area contributed by atoms with E-state index in [0.29, 0.717) is 13.1 Å². The largest absolute Gasteiger partial charge is 0.353 e. The number of nitrogens with zero attached hydrogens (tertiary/aromatic N) is 3. The number of nitrogens with one attached hydrogen (secondary N) is 2. The summed E-state index contributed by atoms with van der Waals surface area (Å²) in [6.45, 7) is 7.88. The normalized spacial score (nSPS) is 19.3. The highest BCUT2D eigenvalue weighted by atomic mass is 32.1. The summed E-state index contributed by atoms with van der Waals surface area (Å²) in [5, 5.41) is 15.5. The molecule has 2 rings (SSSR count). The third kappa shape index (κ3) is 4.23. The summed E-state index contributed by atoms with van der Waals surface area (Å²) >= 11 is 1.50. The molecule has 1 atom stereocenters. The van der Waals surface area contributed by atoms with Gasteiger partial charge in [-0.15, -0.1) is 10.2 Å². The van der Waals surface area contributed by atoms with Crippen LogP contribution in [0, 0.1) is 0 Å². The smallest absolute Gasteiger partial charge is 0.237 e. The predicted molar refractivity (Wildman–Crippen MR) is 84.4 cm³/mol. The summed E-state index contributed by atoms with van der Waals surface area (Å²) in [5.41, 5.74) is 0. The highest BCUT2D eigenvalue weighted by molar-refractivity contribution is 7.11. The Bertz CT molecular complexity index is 531. The minimum absolute atomic E-state index is 0.0701. The molecule has 0 saturated carbocycles. The Hall–Kier alpha value is -1.54. The molecule has 1 unspecified atom stereocenters. The van der Waals surface area contributed by atoms with Gasteiger partial charge in [-0.25, -0.2) is 0 Å². The van der Waals surface area contributed by atoms with E-state index < -0.39 is 6.04 Å². The van der Waals surface area contributed by atoms with Crippen LogP contribution in [0.4, 0.5) is 0 Å². The first kappa shape index (κ1) is 16.8. The van der Waals surface area contributed by atoms with Crippen LogP contribution in [-0.4, -0.2) is 52.1 Å². The number of carbonyl (C=O) groups excluding carboxylic acids is 2. The molecule has 1 aliphatic heterocycles. The minimum Gasteiger partial charge on any atom is -0.353 e.